The summed E-state index contributed by atoms with van der Waals surface area (Å²) in [5.74, 6) is 1.57. The summed E-state index contributed by atoms with van der Waals surface area (Å²) in [7, 11) is 0. The lowest BCUT2D eigenvalue weighted by Gasteiger charge is -2.29. The molecule has 2 fully saturated rings. The Morgan fingerprint density at radius 3 is 2.49 bits per heavy atom. The van der Waals surface area contributed by atoms with Gasteiger partial charge in [-0.05, 0) is 102 Å². The summed E-state index contributed by atoms with van der Waals surface area (Å²) >= 11 is 0. The third kappa shape index (κ3) is 6.10. The van der Waals surface area contributed by atoms with Crippen molar-refractivity contribution in [3.05, 3.63) is 65.0 Å². The van der Waals surface area contributed by atoms with E-state index < -0.39 is 5.41 Å². The first-order valence-corrected chi connectivity index (χ1v) is 14.4. The van der Waals surface area contributed by atoms with E-state index in [9.17, 15) is 4.79 Å². The zero-order chi connectivity index (χ0) is 27.6. The third-order valence-electron chi connectivity index (χ3n) is 8.48. The number of ether oxygens (including phenoxy) is 1. The van der Waals surface area contributed by atoms with Gasteiger partial charge in [-0.3, -0.25) is 19.8 Å². The Kier molecular flexibility index (Phi) is 8.19. The summed E-state index contributed by atoms with van der Waals surface area (Å²) in [6.07, 6.45) is 6.90. The first-order chi connectivity index (χ1) is 18.7. The van der Waals surface area contributed by atoms with Crippen molar-refractivity contribution >= 4 is 5.78 Å². The maximum absolute atomic E-state index is 13.6. The molecule has 3 aromatic rings. The summed E-state index contributed by atoms with van der Waals surface area (Å²) in [6, 6.07) is 10.7. The van der Waals surface area contributed by atoms with E-state index in [2.05, 4.69) is 76.5 Å². The minimum atomic E-state index is -0.585. The summed E-state index contributed by atoms with van der Waals surface area (Å²) in [4.78, 5) is 20.1. The minimum absolute atomic E-state index is 0.0524. The average molecular weight is 530 g/mol. The van der Waals surface area contributed by atoms with Crippen LogP contribution in [0.4, 0.5) is 0 Å². The van der Waals surface area contributed by atoms with Gasteiger partial charge < -0.3 is 10.1 Å². The van der Waals surface area contributed by atoms with Crippen LogP contribution in [0, 0.1) is 25.2 Å². The smallest absolute Gasteiger partial charge is 0.236 e. The SMILES string of the molecule is Cc1cc(C)cc(-c2[nH]nc(OCC(C)(C)C(=O)C3C4CCN3CC4)c2[C@H](C)CNCCc2ccncc2)c1. The number of H-pyrrole nitrogens is 1. The molecule has 2 bridgehead atoms. The van der Waals surface area contributed by atoms with Gasteiger partial charge in [-0.25, -0.2) is 0 Å². The summed E-state index contributed by atoms with van der Waals surface area (Å²) in [6.45, 7) is 14.6. The lowest BCUT2D eigenvalue weighted by Crippen LogP contribution is -2.44. The Labute approximate surface area is 232 Å². The van der Waals surface area contributed by atoms with E-state index in [1.807, 2.05) is 26.2 Å². The number of nitrogens with one attached hydrogen (secondary N) is 2. The van der Waals surface area contributed by atoms with Crippen molar-refractivity contribution in [1.29, 1.82) is 0 Å². The van der Waals surface area contributed by atoms with E-state index >= 15 is 0 Å². The highest BCUT2D eigenvalue weighted by Gasteiger charge is 2.48. The van der Waals surface area contributed by atoms with Crippen molar-refractivity contribution in [2.24, 2.45) is 11.3 Å². The number of aromatic nitrogens is 3. The van der Waals surface area contributed by atoms with Crippen LogP contribution in [0.15, 0.2) is 42.7 Å². The molecule has 7 heteroatoms. The molecule has 0 spiro atoms. The number of fused-ring (bicyclic) bond motifs is 2. The number of piperidine rings is 1. The molecule has 4 heterocycles. The molecule has 2 saturated heterocycles. The Morgan fingerprint density at radius 2 is 1.85 bits per heavy atom. The summed E-state index contributed by atoms with van der Waals surface area (Å²) < 4.78 is 6.42. The maximum atomic E-state index is 13.6. The quantitative estimate of drug-likeness (QED) is 0.318. The van der Waals surface area contributed by atoms with Crippen LogP contribution >= 0.6 is 0 Å². The lowest BCUT2D eigenvalue weighted by molar-refractivity contribution is -0.133. The number of hydrogen-bond acceptors (Lipinski definition) is 6. The van der Waals surface area contributed by atoms with E-state index in [-0.39, 0.29) is 12.0 Å². The van der Waals surface area contributed by atoms with Gasteiger partial charge in [-0.2, -0.15) is 0 Å². The first-order valence-electron chi connectivity index (χ1n) is 14.4. The second-order valence-electron chi connectivity index (χ2n) is 12.3. The van der Waals surface area contributed by atoms with E-state index in [1.165, 1.54) is 16.7 Å². The average Bonchev–Trinajstić information content (AvgIpc) is 3.64. The molecule has 0 radical (unpaired) electrons. The van der Waals surface area contributed by atoms with Crippen LogP contribution in [0.5, 0.6) is 5.88 Å². The highest BCUT2D eigenvalue weighted by Crippen LogP contribution is 2.40. The Hall–Kier alpha value is -3.03. The van der Waals surface area contributed by atoms with Gasteiger partial charge in [-0.15, -0.1) is 5.10 Å². The van der Waals surface area contributed by atoms with Gasteiger partial charge in [0, 0.05) is 36.0 Å². The fraction of sp³-hybridized carbons (Fsp3) is 0.531. The number of carbonyl (C=O) groups excluding carboxylic acids is 1. The molecule has 2 aliphatic heterocycles. The number of aromatic amines is 1. The largest absolute Gasteiger partial charge is 0.475 e. The molecule has 0 saturated carbocycles. The van der Waals surface area contributed by atoms with Crippen molar-refractivity contribution in [2.75, 3.05) is 32.8 Å². The van der Waals surface area contributed by atoms with E-state index in [0.717, 1.165) is 62.3 Å². The number of ketones is 1. The van der Waals surface area contributed by atoms with Gasteiger partial charge in [-0.1, -0.05) is 24.1 Å². The van der Waals surface area contributed by atoms with Crippen LogP contribution in [0.25, 0.3) is 11.3 Å². The molecule has 1 aromatic carbocycles. The molecule has 0 amide bonds. The van der Waals surface area contributed by atoms with Crippen LogP contribution in [0.2, 0.25) is 0 Å². The van der Waals surface area contributed by atoms with Gasteiger partial charge in [0.2, 0.25) is 5.88 Å². The Balaban J connectivity index is 1.32. The number of pyridine rings is 1. The number of Topliss-reactive ketones (excluding diaryl/α,β-unsaturated/α-hetero) is 1. The zero-order valence-electron chi connectivity index (χ0n) is 24.1. The zero-order valence-corrected chi connectivity index (χ0v) is 24.1. The number of nitrogens with zero attached hydrogens (tertiary/aromatic N) is 3. The molecule has 2 N–H and O–H groups in total. The third-order valence-corrected chi connectivity index (χ3v) is 8.48. The number of hydrogen-bond donors (Lipinski definition) is 2. The highest BCUT2D eigenvalue weighted by atomic mass is 16.5. The van der Waals surface area contributed by atoms with Crippen molar-refractivity contribution in [3.63, 3.8) is 0 Å². The van der Waals surface area contributed by atoms with Crippen molar-refractivity contribution in [1.82, 2.24) is 25.4 Å². The fourth-order valence-electron chi connectivity index (χ4n) is 6.35. The first kappa shape index (κ1) is 27.5. The topological polar surface area (TPSA) is 83.1 Å². The molecule has 1 unspecified atom stereocenters. The molecular weight excluding hydrogens is 486 g/mol. The summed E-state index contributed by atoms with van der Waals surface area (Å²) in [5.41, 5.74) is 6.27. The number of benzene rings is 1. The van der Waals surface area contributed by atoms with Crippen LogP contribution in [-0.4, -0.2) is 64.7 Å². The lowest BCUT2D eigenvalue weighted by atomic mass is 9.81. The number of carbonyl (C=O) groups is 1. The Bertz CT molecular complexity index is 1240. The van der Waals surface area contributed by atoms with Gasteiger partial charge in [0.15, 0.2) is 5.78 Å². The molecule has 5 rings (SSSR count). The monoisotopic (exact) mass is 529 g/mol. The Morgan fingerprint density at radius 1 is 1.15 bits per heavy atom. The summed E-state index contributed by atoms with van der Waals surface area (Å²) in [5, 5.41) is 11.5. The van der Waals surface area contributed by atoms with Crippen molar-refractivity contribution in [3.8, 4) is 17.1 Å². The predicted octanol–water partition coefficient (Wildman–Crippen LogP) is 5.09. The molecule has 7 nitrogen and oxygen atoms in total. The maximum Gasteiger partial charge on any atom is 0.236 e. The molecule has 208 valence electrons. The van der Waals surface area contributed by atoms with Crippen molar-refractivity contribution < 1.29 is 9.53 Å². The van der Waals surface area contributed by atoms with Crippen molar-refractivity contribution in [2.45, 2.75) is 65.8 Å². The minimum Gasteiger partial charge on any atom is -0.475 e. The second-order valence-corrected chi connectivity index (χ2v) is 12.3. The molecule has 39 heavy (non-hydrogen) atoms. The van der Waals surface area contributed by atoms with E-state index in [4.69, 9.17) is 4.74 Å². The van der Waals surface area contributed by atoms with Gasteiger partial charge in [0.05, 0.1) is 17.2 Å². The molecular formula is C32H43N5O2. The second kappa shape index (κ2) is 11.6. The number of rotatable bonds is 12. The molecule has 2 aliphatic rings. The van der Waals surface area contributed by atoms with Crippen LogP contribution in [-0.2, 0) is 11.2 Å². The molecule has 2 aromatic heterocycles. The van der Waals surface area contributed by atoms with E-state index in [0.29, 0.717) is 24.2 Å². The van der Waals surface area contributed by atoms with Crippen LogP contribution < -0.4 is 10.1 Å². The molecule has 2 atom stereocenters. The highest BCUT2D eigenvalue weighted by molar-refractivity contribution is 5.90. The number of aryl methyl sites for hydroxylation is 2. The van der Waals surface area contributed by atoms with Gasteiger partial charge in [0.1, 0.15) is 6.61 Å². The van der Waals surface area contributed by atoms with Gasteiger partial charge >= 0.3 is 0 Å². The molecule has 0 aliphatic carbocycles. The fourth-order valence-corrected chi connectivity index (χ4v) is 6.35. The van der Waals surface area contributed by atoms with E-state index in [1.54, 1.807) is 0 Å². The van der Waals surface area contributed by atoms with Gasteiger partial charge in [0.25, 0.3) is 0 Å². The standard InChI is InChI=1S/C32H43N5O2/c1-21-16-22(2)18-26(17-21)28-27(23(3)19-34-13-8-24-6-11-33-12-7-24)31(36-35-28)39-20-32(4,5)30(38)29-25-9-14-37(29)15-10-25/h6-7,11-12,16-18,23,25,29,34H,8-10,13-15,19-20H2,1-5H3,(H,35,36)/t23-,29?/m1/s1. The van der Waals surface area contributed by atoms with Crippen LogP contribution in [0.3, 0.4) is 0 Å². The predicted molar refractivity (Wildman–Crippen MR) is 155 cm³/mol. The normalized spacial score (nSPS) is 21.3. The van der Waals surface area contributed by atoms with Crippen LogP contribution in [0.1, 0.15) is 61.8 Å².